The van der Waals surface area contributed by atoms with Gasteiger partial charge in [-0.2, -0.15) is 0 Å². The average molecular weight is 386 g/mol. The van der Waals surface area contributed by atoms with Crippen LogP contribution in [0.1, 0.15) is 23.7 Å². The van der Waals surface area contributed by atoms with Gasteiger partial charge in [-0.1, -0.05) is 18.2 Å². The van der Waals surface area contributed by atoms with Crippen LogP contribution < -0.4 is 15.0 Å². The standard InChI is InChI=1S/C21H23FN2O4/c1-13-6-7-19(28-2)17(8-13)24-12-15(10-20(24)26)21(27)23-11-18(25)14-4-3-5-16(22)9-14/h3-9,15,18,25H,10-12H2,1-2H3,(H,23,27). The predicted molar refractivity (Wildman–Crippen MR) is 103 cm³/mol. The highest BCUT2D eigenvalue weighted by molar-refractivity contribution is 6.01. The second-order valence-electron chi connectivity index (χ2n) is 6.90. The van der Waals surface area contributed by atoms with Gasteiger partial charge in [-0.3, -0.25) is 9.59 Å². The van der Waals surface area contributed by atoms with Gasteiger partial charge in [0.25, 0.3) is 0 Å². The molecule has 148 valence electrons. The number of nitrogens with one attached hydrogen (secondary N) is 1. The Labute approximate surface area is 162 Å². The Morgan fingerprint density at radius 1 is 1.36 bits per heavy atom. The van der Waals surface area contributed by atoms with Gasteiger partial charge in [0, 0.05) is 19.5 Å². The van der Waals surface area contributed by atoms with Crippen LogP contribution in [0.15, 0.2) is 42.5 Å². The summed E-state index contributed by atoms with van der Waals surface area (Å²) >= 11 is 0. The van der Waals surface area contributed by atoms with Crippen LogP contribution in [0.5, 0.6) is 5.75 Å². The number of carbonyl (C=O) groups excluding carboxylic acids is 2. The maximum Gasteiger partial charge on any atom is 0.227 e. The molecule has 7 heteroatoms. The largest absolute Gasteiger partial charge is 0.495 e. The molecule has 1 aliphatic heterocycles. The van der Waals surface area contributed by atoms with Crippen LogP contribution >= 0.6 is 0 Å². The molecular weight excluding hydrogens is 363 g/mol. The second-order valence-corrected chi connectivity index (χ2v) is 6.90. The number of ether oxygens (including phenoxy) is 1. The Morgan fingerprint density at radius 2 is 2.14 bits per heavy atom. The summed E-state index contributed by atoms with van der Waals surface area (Å²) in [7, 11) is 1.53. The van der Waals surface area contributed by atoms with Crippen LogP contribution in [0.25, 0.3) is 0 Å². The first-order chi connectivity index (χ1) is 13.4. The van der Waals surface area contributed by atoms with Gasteiger partial charge in [0.1, 0.15) is 11.6 Å². The van der Waals surface area contributed by atoms with Crippen molar-refractivity contribution in [1.82, 2.24) is 5.32 Å². The molecule has 3 rings (SSSR count). The molecule has 2 N–H and O–H groups in total. The van der Waals surface area contributed by atoms with Gasteiger partial charge in [0.05, 0.1) is 24.8 Å². The summed E-state index contributed by atoms with van der Waals surface area (Å²) in [4.78, 5) is 26.5. The Balaban J connectivity index is 1.63. The fourth-order valence-corrected chi connectivity index (χ4v) is 3.30. The number of hydrogen-bond acceptors (Lipinski definition) is 4. The third kappa shape index (κ3) is 4.31. The molecule has 1 saturated heterocycles. The summed E-state index contributed by atoms with van der Waals surface area (Å²) in [5.41, 5.74) is 2.01. The van der Waals surface area contributed by atoms with E-state index < -0.39 is 17.8 Å². The first kappa shape index (κ1) is 19.8. The van der Waals surface area contributed by atoms with Crippen LogP contribution in [0.3, 0.4) is 0 Å². The van der Waals surface area contributed by atoms with E-state index in [1.165, 1.54) is 25.3 Å². The number of nitrogens with zero attached hydrogens (tertiary/aromatic N) is 1. The molecular formula is C21H23FN2O4. The van der Waals surface area contributed by atoms with Crippen molar-refractivity contribution in [3.8, 4) is 5.75 Å². The highest BCUT2D eigenvalue weighted by Crippen LogP contribution is 2.34. The number of carbonyl (C=O) groups is 2. The van der Waals surface area contributed by atoms with Crippen molar-refractivity contribution < 1.29 is 23.8 Å². The molecule has 28 heavy (non-hydrogen) atoms. The molecule has 1 aliphatic rings. The molecule has 0 radical (unpaired) electrons. The Kier molecular flexibility index (Phi) is 5.94. The average Bonchev–Trinajstić information content (AvgIpc) is 3.07. The normalized spacial score (nSPS) is 17.5. The minimum Gasteiger partial charge on any atom is -0.495 e. The van der Waals surface area contributed by atoms with Gasteiger partial charge >= 0.3 is 0 Å². The lowest BCUT2D eigenvalue weighted by molar-refractivity contribution is -0.126. The van der Waals surface area contributed by atoms with E-state index in [2.05, 4.69) is 5.32 Å². The molecule has 0 spiro atoms. The van der Waals surface area contributed by atoms with Crippen molar-refractivity contribution in [2.75, 3.05) is 25.1 Å². The van der Waals surface area contributed by atoms with E-state index in [1.807, 2.05) is 19.1 Å². The lowest BCUT2D eigenvalue weighted by Crippen LogP contribution is -2.35. The number of aliphatic hydroxyl groups excluding tert-OH is 1. The molecule has 6 nitrogen and oxygen atoms in total. The number of benzene rings is 2. The minimum atomic E-state index is -1.02. The van der Waals surface area contributed by atoms with Gasteiger partial charge in [0.15, 0.2) is 0 Å². The number of methoxy groups -OCH3 is 1. The Bertz CT molecular complexity index is 886. The zero-order valence-electron chi connectivity index (χ0n) is 15.8. The van der Waals surface area contributed by atoms with Crippen LogP contribution in [0.4, 0.5) is 10.1 Å². The molecule has 0 aromatic heterocycles. The van der Waals surface area contributed by atoms with Crippen molar-refractivity contribution in [2.45, 2.75) is 19.4 Å². The van der Waals surface area contributed by atoms with E-state index in [0.717, 1.165) is 5.56 Å². The van der Waals surface area contributed by atoms with Gasteiger partial charge in [-0.25, -0.2) is 4.39 Å². The SMILES string of the molecule is COc1ccc(C)cc1N1CC(C(=O)NCC(O)c2cccc(F)c2)CC1=O. The maximum absolute atomic E-state index is 13.3. The van der Waals surface area contributed by atoms with Crippen molar-refractivity contribution in [1.29, 1.82) is 0 Å². The predicted octanol–water partition coefficient (Wildman–Crippen LogP) is 2.35. The number of halogens is 1. The molecule has 1 heterocycles. The van der Waals surface area contributed by atoms with Crippen molar-refractivity contribution in [3.63, 3.8) is 0 Å². The van der Waals surface area contributed by atoms with Crippen LogP contribution in [0, 0.1) is 18.7 Å². The maximum atomic E-state index is 13.3. The van der Waals surface area contributed by atoms with Crippen molar-refractivity contribution in [2.24, 2.45) is 5.92 Å². The smallest absolute Gasteiger partial charge is 0.227 e. The summed E-state index contributed by atoms with van der Waals surface area (Å²) in [6.07, 6.45) is -0.941. The summed E-state index contributed by atoms with van der Waals surface area (Å²) < 4.78 is 18.6. The summed E-state index contributed by atoms with van der Waals surface area (Å²) in [6.45, 7) is 2.10. The number of anilines is 1. The van der Waals surface area contributed by atoms with Crippen LogP contribution in [0.2, 0.25) is 0 Å². The number of rotatable bonds is 6. The molecule has 0 aliphatic carbocycles. The van der Waals surface area contributed by atoms with Gasteiger partial charge in [-0.05, 0) is 42.3 Å². The zero-order valence-corrected chi connectivity index (χ0v) is 15.8. The number of aliphatic hydroxyl groups is 1. The Morgan fingerprint density at radius 3 is 2.86 bits per heavy atom. The Hall–Kier alpha value is -2.93. The lowest BCUT2D eigenvalue weighted by atomic mass is 10.1. The molecule has 2 aromatic rings. The highest BCUT2D eigenvalue weighted by atomic mass is 19.1. The fraction of sp³-hybridized carbons (Fsp3) is 0.333. The van der Waals surface area contributed by atoms with E-state index in [-0.39, 0.29) is 31.3 Å². The zero-order chi connectivity index (χ0) is 20.3. The number of hydrogen-bond donors (Lipinski definition) is 2. The summed E-state index contributed by atoms with van der Waals surface area (Å²) in [5.74, 6) is -0.890. The lowest BCUT2D eigenvalue weighted by Gasteiger charge is -2.20. The van der Waals surface area contributed by atoms with E-state index in [0.29, 0.717) is 17.0 Å². The van der Waals surface area contributed by atoms with E-state index in [1.54, 1.807) is 17.0 Å². The fourth-order valence-electron chi connectivity index (χ4n) is 3.30. The van der Waals surface area contributed by atoms with Gasteiger partial charge in [-0.15, -0.1) is 0 Å². The first-order valence-electron chi connectivity index (χ1n) is 9.05. The van der Waals surface area contributed by atoms with Gasteiger partial charge in [0.2, 0.25) is 11.8 Å². The topological polar surface area (TPSA) is 78.9 Å². The van der Waals surface area contributed by atoms with E-state index in [4.69, 9.17) is 4.74 Å². The molecule has 2 amide bonds. The second kappa shape index (κ2) is 8.39. The van der Waals surface area contributed by atoms with Crippen molar-refractivity contribution in [3.05, 3.63) is 59.4 Å². The van der Waals surface area contributed by atoms with Gasteiger partial charge < -0.3 is 20.1 Å². The molecule has 2 aromatic carbocycles. The molecule has 2 atom stereocenters. The number of aryl methyl sites for hydroxylation is 1. The van der Waals surface area contributed by atoms with Crippen LogP contribution in [-0.4, -0.2) is 37.1 Å². The third-order valence-electron chi connectivity index (χ3n) is 4.82. The van der Waals surface area contributed by atoms with Crippen molar-refractivity contribution >= 4 is 17.5 Å². The third-order valence-corrected chi connectivity index (χ3v) is 4.82. The highest BCUT2D eigenvalue weighted by Gasteiger charge is 2.36. The number of amides is 2. The summed E-state index contributed by atoms with van der Waals surface area (Å²) in [5, 5.41) is 12.8. The first-order valence-corrected chi connectivity index (χ1v) is 9.05. The summed E-state index contributed by atoms with van der Waals surface area (Å²) in [6, 6.07) is 11.1. The quantitative estimate of drug-likeness (QED) is 0.799. The van der Waals surface area contributed by atoms with Crippen LogP contribution in [-0.2, 0) is 9.59 Å². The molecule has 0 bridgehead atoms. The van der Waals surface area contributed by atoms with E-state index in [9.17, 15) is 19.1 Å². The monoisotopic (exact) mass is 386 g/mol. The molecule has 1 fully saturated rings. The molecule has 2 unspecified atom stereocenters. The van der Waals surface area contributed by atoms with E-state index >= 15 is 0 Å². The molecule has 0 saturated carbocycles. The minimum absolute atomic E-state index is 0.0548.